The van der Waals surface area contributed by atoms with Crippen molar-refractivity contribution in [3.63, 3.8) is 0 Å². The molecular weight excluding hydrogens is 391 g/mol. The van der Waals surface area contributed by atoms with E-state index in [2.05, 4.69) is 27.8 Å². The number of carbonyl (C=O) groups is 2. The van der Waals surface area contributed by atoms with E-state index in [1.165, 1.54) is 35.5 Å². The Morgan fingerprint density at radius 2 is 1.79 bits per heavy atom. The number of nitrogens with one attached hydrogen (secondary N) is 2. The fourth-order valence-electron chi connectivity index (χ4n) is 2.44. The summed E-state index contributed by atoms with van der Waals surface area (Å²) in [7, 11) is 0. The zero-order valence-electron chi connectivity index (χ0n) is 15.7. The number of benzene rings is 2. The molecule has 8 heteroatoms. The van der Waals surface area contributed by atoms with Crippen LogP contribution in [0.5, 0.6) is 0 Å². The number of rotatable bonds is 7. The molecule has 0 fully saturated rings. The molecule has 0 aliphatic carbocycles. The quantitative estimate of drug-likeness (QED) is 0.572. The molecule has 6 nitrogen and oxygen atoms in total. The van der Waals surface area contributed by atoms with Crippen molar-refractivity contribution in [3.05, 3.63) is 77.6 Å². The monoisotopic (exact) mass is 410 g/mol. The molecule has 2 amide bonds. The Kier molecular flexibility index (Phi) is 6.91. The fraction of sp³-hybridized carbons (Fsp3) is 0.143. The fourth-order valence-corrected chi connectivity index (χ4v) is 3.06. The van der Waals surface area contributed by atoms with Crippen molar-refractivity contribution in [1.29, 1.82) is 0 Å². The van der Waals surface area contributed by atoms with Crippen LogP contribution < -0.4 is 10.6 Å². The van der Waals surface area contributed by atoms with Crippen molar-refractivity contribution in [2.45, 2.75) is 18.4 Å². The molecule has 2 N–H and O–H groups in total. The van der Waals surface area contributed by atoms with Gasteiger partial charge in [0.15, 0.2) is 5.82 Å². The molecule has 0 unspecified atom stereocenters. The van der Waals surface area contributed by atoms with Crippen LogP contribution in [0, 0.1) is 5.82 Å². The SMILES string of the molecule is CCc1ccc(NC(=O)CSc2ccc(NC(=O)c3cccc(F)c3)nn2)cc1. The second kappa shape index (κ2) is 9.79. The normalized spacial score (nSPS) is 10.4. The smallest absolute Gasteiger partial charge is 0.256 e. The summed E-state index contributed by atoms with van der Waals surface area (Å²) in [4.78, 5) is 24.1. The summed E-state index contributed by atoms with van der Waals surface area (Å²) < 4.78 is 13.2. The minimum Gasteiger partial charge on any atom is -0.325 e. The van der Waals surface area contributed by atoms with E-state index in [1.54, 1.807) is 12.1 Å². The predicted octanol–water partition coefficient (Wildman–Crippen LogP) is 4.16. The highest BCUT2D eigenvalue weighted by molar-refractivity contribution is 7.99. The maximum Gasteiger partial charge on any atom is 0.256 e. The molecule has 0 bridgehead atoms. The zero-order chi connectivity index (χ0) is 20.6. The third-order valence-corrected chi connectivity index (χ3v) is 4.89. The molecule has 3 aromatic rings. The second-order valence-corrected chi connectivity index (χ2v) is 7.10. The first-order valence-corrected chi connectivity index (χ1v) is 9.94. The maximum atomic E-state index is 13.2. The number of hydrogen-bond donors (Lipinski definition) is 2. The molecule has 29 heavy (non-hydrogen) atoms. The van der Waals surface area contributed by atoms with Crippen LogP contribution in [0.4, 0.5) is 15.9 Å². The van der Waals surface area contributed by atoms with Gasteiger partial charge < -0.3 is 10.6 Å². The first-order valence-electron chi connectivity index (χ1n) is 8.95. The minimum absolute atomic E-state index is 0.149. The van der Waals surface area contributed by atoms with Gasteiger partial charge in [0, 0.05) is 11.3 Å². The van der Waals surface area contributed by atoms with Gasteiger partial charge in [0.1, 0.15) is 10.8 Å². The highest BCUT2D eigenvalue weighted by Crippen LogP contribution is 2.17. The molecule has 0 aliphatic rings. The van der Waals surface area contributed by atoms with E-state index in [0.29, 0.717) is 5.03 Å². The molecule has 148 valence electrons. The predicted molar refractivity (Wildman–Crippen MR) is 112 cm³/mol. The highest BCUT2D eigenvalue weighted by Gasteiger charge is 2.09. The largest absolute Gasteiger partial charge is 0.325 e. The topological polar surface area (TPSA) is 84.0 Å². The van der Waals surface area contributed by atoms with Gasteiger partial charge in [-0.15, -0.1) is 10.2 Å². The summed E-state index contributed by atoms with van der Waals surface area (Å²) in [6.07, 6.45) is 0.946. The number of aryl methyl sites for hydroxylation is 1. The van der Waals surface area contributed by atoms with Crippen molar-refractivity contribution >= 4 is 35.1 Å². The van der Waals surface area contributed by atoms with Crippen molar-refractivity contribution < 1.29 is 14.0 Å². The molecule has 0 saturated heterocycles. The van der Waals surface area contributed by atoms with Gasteiger partial charge in [-0.1, -0.05) is 36.9 Å². The zero-order valence-corrected chi connectivity index (χ0v) is 16.5. The van der Waals surface area contributed by atoms with Gasteiger partial charge in [-0.05, 0) is 54.4 Å². The average molecular weight is 410 g/mol. The number of anilines is 2. The van der Waals surface area contributed by atoms with Crippen LogP contribution in [0.15, 0.2) is 65.7 Å². The molecule has 2 aromatic carbocycles. The van der Waals surface area contributed by atoms with Crippen molar-refractivity contribution in [2.75, 3.05) is 16.4 Å². The molecule has 0 spiro atoms. The van der Waals surface area contributed by atoms with E-state index in [9.17, 15) is 14.0 Å². The Morgan fingerprint density at radius 3 is 2.45 bits per heavy atom. The summed E-state index contributed by atoms with van der Waals surface area (Å²) in [6, 6.07) is 16.3. The molecule has 0 saturated carbocycles. The standard InChI is InChI=1S/C21H19FN4O2S/c1-2-14-6-8-17(9-7-14)23-19(27)13-29-20-11-10-18(25-26-20)24-21(28)15-4-3-5-16(22)12-15/h3-12H,2,13H2,1H3,(H,23,27)(H,24,25,28). The number of halogens is 1. The van der Waals surface area contributed by atoms with Crippen LogP contribution >= 0.6 is 11.8 Å². The lowest BCUT2D eigenvalue weighted by atomic mass is 10.1. The van der Waals surface area contributed by atoms with Gasteiger partial charge in [0.2, 0.25) is 5.91 Å². The van der Waals surface area contributed by atoms with Crippen LogP contribution in [-0.4, -0.2) is 27.8 Å². The van der Waals surface area contributed by atoms with Crippen molar-refractivity contribution in [2.24, 2.45) is 0 Å². The van der Waals surface area contributed by atoms with Gasteiger partial charge in [0.25, 0.3) is 5.91 Å². The summed E-state index contributed by atoms with van der Waals surface area (Å²) >= 11 is 1.23. The minimum atomic E-state index is -0.491. The third kappa shape index (κ3) is 6.11. The summed E-state index contributed by atoms with van der Waals surface area (Å²) in [5, 5.41) is 13.8. The van der Waals surface area contributed by atoms with Crippen LogP contribution in [0.2, 0.25) is 0 Å². The molecule has 0 aliphatic heterocycles. The first-order chi connectivity index (χ1) is 14.0. The Labute approximate surface area is 171 Å². The van der Waals surface area contributed by atoms with Crippen molar-refractivity contribution in [3.8, 4) is 0 Å². The van der Waals surface area contributed by atoms with Crippen LogP contribution in [0.1, 0.15) is 22.8 Å². The van der Waals surface area contributed by atoms with Gasteiger partial charge in [-0.25, -0.2) is 4.39 Å². The Balaban J connectivity index is 1.49. The first kappa shape index (κ1) is 20.5. The lowest BCUT2D eigenvalue weighted by molar-refractivity contribution is -0.113. The molecule has 1 heterocycles. The number of amides is 2. The van der Waals surface area contributed by atoms with Crippen LogP contribution in [-0.2, 0) is 11.2 Å². The number of thioether (sulfide) groups is 1. The number of aromatic nitrogens is 2. The molecule has 0 atom stereocenters. The van der Waals surface area contributed by atoms with Gasteiger partial charge in [0.05, 0.1) is 5.75 Å². The summed E-state index contributed by atoms with van der Waals surface area (Å²) in [6.45, 7) is 2.07. The number of carbonyl (C=O) groups excluding carboxylic acids is 2. The van der Waals surface area contributed by atoms with E-state index in [-0.39, 0.29) is 23.0 Å². The average Bonchev–Trinajstić information content (AvgIpc) is 2.74. The van der Waals surface area contributed by atoms with Gasteiger partial charge in [-0.3, -0.25) is 9.59 Å². The number of nitrogens with zero attached hydrogens (tertiary/aromatic N) is 2. The Bertz CT molecular complexity index is 994. The highest BCUT2D eigenvalue weighted by atomic mass is 32.2. The molecule has 1 aromatic heterocycles. The van der Waals surface area contributed by atoms with Crippen molar-refractivity contribution in [1.82, 2.24) is 10.2 Å². The molecular formula is C21H19FN4O2S. The summed E-state index contributed by atoms with van der Waals surface area (Å²) in [5.74, 6) is -0.699. The van der Waals surface area contributed by atoms with E-state index in [0.717, 1.165) is 18.2 Å². The lowest BCUT2D eigenvalue weighted by Gasteiger charge is -2.06. The molecule has 0 radical (unpaired) electrons. The Morgan fingerprint density at radius 1 is 1.00 bits per heavy atom. The van der Waals surface area contributed by atoms with E-state index in [1.807, 2.05) is 24.3 Å². The summed E-state index contributed by atoms with van der Waals surface area (Å²) in [5.41, 5.74) is 2.14. The van der Waals surface area contributed by atoms with Crippen LogP contribution in [0.25, 0.3) is 0 Å². The van der Waals surface area contributed by atoms with Crippen LogP contribution in [0.3, 0.4) is 0 Å². The van der Waals surface area contributed by atoms with E-state index >= 15 is 0 Å². The maximum absolute atomic E-state index is 13.2. The van der Waals surface area contributed by atoms with E-state index in [4.69, 9.17) is 0 Å². The van der Waals surface area contributed by atoms with E-state index < -0.39 is 11.7 Å². The van der Waals surface area contributed by atoms with Gasteiger partial charge >= 0.3 is 0 Å². The Hall–Kier alpha value is -3.26. The molecule has 3 rings (SSSR count). The third-order valence-electron chi connectivity index (χ3n) is 3.97. The second-order valence-electron chi connectivity index (χ2n) is 6.11. The van der Waals surface area contributed by atoms with Gasteiger partial charge in [-0.2, -0.15) is 0 Å². The number of hydrogen-bond acceptors (Lipinski definition) is 5. The lowest BCUT2D eigenvalue weighted by Crippen LogP contribution is -2.15.